The molecule has 0 aliphatic carbocycles. The van der Waals surface area contributed by atoms with E-state index in [-0.39, 0.29) is 83.0 Å². The van der Waals surface area contributed by atoms with Crippen LogP contribution in [0.4, 0.5) is 0 Å². The third-order valence-electron chi connectivity index (χ3n) is 5.42. The summed E-state index contributed by atoms with van der Waals surface area (Å²) in [7, 11) is -3.97. The first-order valence-corrected chi connectivity index (χ1v) is 14.1. The van der Waals surface area contributed by atoms with Crippen molar-refractivity contribution in [3.05, 3.63) is 0 Å². The maximum Gasteiger partial charge on any atom is 0.326 e. The van der Waals surface area contributed by atoms with Crippen LogP contribution in [-0.2, 0) is 43.6 Å². The average molecular weight is 580 g/mol. The van der Waals surface area contributed by atoms with Crippen molar-refractivity contribution in [3.8, 4) is 0 Å². The zero-order valence-corrected chi connectivity index (χ0v) is 22.6. The summed E-state index contributed by atoms with van der Waals surface area (Å²) in [5.74, 6) is -7.52. The lowest BCUT2D eigenvalue weighted by atomic mass is 9.95. The molecule has 0 saturated carbocycles. The summed E-state index contributed by atoms with van der Waals surface area (Å²) in [6.45, 7) is 1.66. The van der Waals surface area contributed by atoms with Crippen LogP contribution in [0.25, 0.3) is 0 Å². The van der Waals surface area contributed by atoms with Gasteiger partial charge in [-0.3, -0.25) is 33.5 Å². The summed E-state index contributed by atoms with van der Waals surface area (Å²) < 4.78 is 25.5. The molecule has 0 radical (unpaired) electrons. The normalized spacial score (nSPS) is 12.5. The van der Waals surface area contributed by atoms with E-state index in [4.69, 9.17) is 10.2 Å². The predicted octanol–water partition coefficient (Wildman–Crippen LogP) is -0.216. The van der Waals surface area contributed by atoms with Gasteiger partial charge in [0.05, 0.1) is 11.7 Å². The Morgan fingerprint density at radius 2 is 1.38 bits per heavy atom. The van der Waals surface area contributed by atoms with Crippen molar-refractivity contribution in [1.29, 1.82) is 0 Å². The van der Waals surface area contributed by atoms with Gasteiger partial charge in [0.25, 0.3) is 0 Å². The van der Waals surface area contributed by atoms with E-state index < -0.39 is 63.4 Å². The van der Waals surface area contributed by atoms with E-state index in [1.807, 2.05) is 0 Å². The summed E-state index contributed by atoms with van der Waals surface area (Å²) >= 11 is 0. The predicted molar refractivity (Wildman–Crippen MR) is 135 cm³/mol. The SMILES string of the molecule is CCC(NC(=O)CCC(CC(=O)CCCNC(=O)CCCS(=O)(=O)NC(=O)CCCC(=O)O)C(=O)O)C(=O)O. The minimum Gasteiger partial charge on any atom is -0.481 e. The highest BCUT2D eigenvalue weighted by molar-refractivity contribution is 7.90. The molecule has 16 heteroatoms. The third-order valence-corrected chi connectivity index (χ3v) is 6.78. The van der Waals surface area contributed by atoms with Crippen LogP contribution in [0.2, 0.25) is 0 Å². The van der Waals surface area contributed by atoms with Crippen LogP contribution >= 0.6 is 0 Å². The Balaban J connectivity index is 4.25. The molecule has 0 aromatic carbocycles. The second-order valence-corrected chi connectivity index (χ2v) is 10.7. The number of Topliss-reactive ketones (excluding diaryl/α,β-unsaturated/α-hetero) is 1. The summed E-state index contributed by atoms with van der Waals surface area (Å²) in [6, 6.07) is -1.08. The number of carboxylic acid groups (broad SMARTS) is 3. The Bertz CT molecular complexity index is 996. The fourth-order valence-corrected chi connectivity index (χ4v) is 4.38. The molecule has 0 saturated heterocycles. The number of nitrogens with one attached hydrogen (secondary N) is 3. The summed E-state index contributed by atoms with van der Waals surface area (Å²) in [4.78, 5) is 80.2. The van der Waals surface area contributed by atoms with Crippen molar-refractivity contribution >= 4 is 51.4 Å². The van der Waals surface area contributed by atoms with Gasteiger partial charge in [0, 0.05) is 45.1 Å². The zero-order valence-electron chi connectivity index (χ0n) is 21.8. The lowest BCUT2D eigenvalue weighted by Crippen LogP contribution is -2.40. The Kier molecular flexibility index (Phi) is 16.9. The third kappa shape index (κ3) is 18.4. The van der Waals surface area contributed by atoms with Crippen molar-refractivity contribution in [3.63, 3.8) is 0 Å². The quantitative estimate of drug-likeness (QED) is 0.0911. The lowest BCUT2D eigenvalue weighted by molar-refractivity contribution is -0.145. The molecule has 3 amide bonds. The molecular formula is C23H37N3O12S. The average Bonchev–Trinajstić information content (AvgIpc) is 2.81. The monoisotopic (exact) mass is 579 g/mol. The van der Waals surface area contributed by atoms with E-state index >= 15 is 0 Å². The number of ketones is 1. The van der Waals surface area contributed by atoms with Crippen LogP contribution in [0, 0.1) is 5.92 Å². The number of sulfonamides is 1. The van der Waals surface area contributed by atoms with E-state index in [9.17, 15) is 47.1 Å². The van der Waals surface area contributed by atoms with Gasteiger partial charge in [-0.15, -0.1) is 0 Å². The lowest BCUT2D eigenvalue weighted by Gasteiger charge is -2.14. The fourth-order valence-electron chi connectivity index (χ4n) is 3.30. The smallest absolute Gasteiger partial charge is 0.326 e. The van der Waals surface area contributed by atoms with Gasteiger partial charge in [0.1, 0.15) is 11.8 Å². The van der Waals surface area contributed by atoms with Crippen LogP contribution in [0.3, 0.4) is 0 Å². The van der Waals surface area contributed by atoms with Crippen molar-refractivity contribution in [2.24, 2.45) is 5.92 Å². The number of rotatable bonds is 22. The molecule has 0 aliphatic rings. The number of carboxylic acids is 3. The number of carbonyl (C=O) groups is 7. The molecule has 0 aromatic heterocycles. The molecule has 0 aromatic rings. The molecular weight excluding hydrogens is 542 g/mol. The standard InChI is InChI=1S/C23H37N3O12S/c1-2-17(23(35)36)25-19(29)11-10-15(22(33)34)14-16(27)6-4-12-24-18(28)8-5-13-39(37,38)26-20(30)7-3-9-21(31)32/h15,17H,2-14H2,1H3,(H,24,28)(H,25,29)(H,26,30)(H,31,32)(H,33,34)(H,35,36). The van der Waals surface area contributed by atoms with Gasteiger partial charge >= 0.3 is 17.9 Å². The van der Waals surface area contributed by atoms with Gasteiger partial charge in [-0.25, -0.2) is 13.2 Å². The van der Waals surface area contributed by atoms with E-state index in [1.54, 1.807) is 11.6 Å². The summed E-state index contributed by atoms with van der Waals surface area (Å²) in [6.07, 6.45) is -1.18. The van der Waals surface area contributed by atoms with E-state index in [1.165, 1.54) is 0 Å². The molecule has 0 fully saturated rings. The Morgan fingerprint density at radius 1 is 0.744 bits per heavy atom. The highest BCUT2D eigenvalue weighted by Gasteiger charge is 2.24. The molecule has 0 aliphatic heterocycles. The topological polar surface area (TPSA) is 250 Å². The molecule has 0 rings (SSSR count). The van der Waals surface area contributed by atoms with Crippen LogP contribution in [0.5, 0.6) is 0 Å². The van der Waals surface area contributed by atoms with Crippen molar-refractivity contribution in [2.45, 2.75) is 83.6 Å². The highest BCUT2D eigenvalue weighted by Crippen LogP contribution is 2.14. The van der Waals surface area contributed by atoms with Gasteiger partial charge in [-0.1, -0.05) is 6.92 Å². The molecule has 0 spiro atoms. The van der Waals surface area contributed by atoms with E-state index in [2.05, 4.69) is 10.6 Å². The van der Waals surface area contributed by atoms with Crippen molar-refractivity contribution < 1.29 is 57.3 Å². The van der Waals surface area contributed by atoms with E-state index in [0.29, 0.717) is 0 Å². The molecule has 222 valence electrons. The number of carbonyl (C=O) groups excluding carboxylic acids is 4. The van der Waals surface area contributed by atoms with Gasteiger partial charge in [0.2, 0.25) is 27.7 Å². The molecule has 2 atom stereocenters. The zero-order chi connectivity index (χ0) is 30.0. The molecule has 0 bridgehead atoms. The van der Waals surface area contributed by atoms with Gasteiger partial charge in [0.15, 0.2) is 0 Å². The second kappa shape index (κ2) is 18.7. The molecule has 15 nitrogen and oxygen atoms in total. The van der Waals surface area contributed by atoms with Gasteiger partial charge < -0.3 is 26.0 Å². The van der Waals surface area contributed by atoms with Gasteiger partial charge in [-0.2, -0.15) is 0 Å². The summed E-state index contributed by atoms with van der Waals surface area (Å²) in [5, 5.41) is 31.6. The second-order valence-electron chi connectivity index (χ2n) is 8.83. The first-order valence-electron chi connectivity index (χ1n) is 12.4. The first-order chi connectivity index (χ1) is 18.2. The first kappa shape index (κ1) is 35.4. The molecule has 0 heterocycles. The molecule has 6 N–H and O–H groups in total. The number of amides is 3. The fraction of sp³-hybridized carbons (Fsp3) is 0.696. The van der Waals surface area contributed by atoms with Crippen LogP contribution < -0.4 is 15.4 Å². The number of aliphatic carboxylic acids is 3. The Hall–Kier alpha value is -3.56. The minimum absolute atomic E-state index is 0.0102. The van der Waals surface area contributed by atoms with Crippen molar-refractivity contribution in [2.75, 3.05) is 12.3 Å². The Morgan fingerprint density at radius 3 is 1.95 bits per heavy atom. The van der Waals surface area contributed by atoms with Crippen molar-refractivity contribution in [1.82, 2.24) is 15.4 Å². The van der Waals surface area contributed by atoms with Crippen LogP contribution in [0.1, 0.15) is 77.6 Å². The number of hydrogen-bond acceptors (Lipinski definition) is 9. The maximum atomic E-state index is 12.1. The highest BCUT2D eigenvalue weighted by atomic mass is 32.2. The van der Waals surface area contributed by atoms with Crippen LogP contribution in [-0.4, -0.2) is 83.5 Å². The maximum absolute atomic E-state index is 12.1. The molecule has 39 heavy (non-hydrogen) atoms. The minimum atomic E-state index is -3.97. The van der Waals surface area contributed by atoms with Crippen LogP contribution in [0.15, 0.2) is 0 Å². The largest absolute Gasteiger partial charge is 0.481 e. The summed E-state index contributed by atoms with van der Waals surface area (Å²) in [5.41, 5.74) is 0. The number of hydrogen-bond donors (Lipinski definition) is 6. The molecule has 2 unspecified atom stereocenters. The van der Waals surface area contributed by atoms with Gasteiger partial charge in [-0.05, 0) is 32.1 Å². The Labute approximate surface area is 226 Å². The van der Waals surface area contributed by atoms with E-state index in [0.717, 1.165) is 0 Å².